The molecule has 1 heterocycles. The van der Waals surface area contributed by atoms with Gasteiger partial charge in [0.15, 0.2) is 0 Å². The van der Waals surface area contributed by atoms with E-state index >= 15 is 0 Å². The largest absolute Gasteiger partial charge is 0.379 e. The first-order chi connectivity index (χ1) is 8.80. The minimum absolute atomic E-state index is 0.424. The van der Waals surface area contributed by atoms with Gasteiger partial charge in [-0.3, -0.25) is 4.90 Å². The molecule has 0 aliphatic carbocycles. The van der Waals surface area contributed by atoms with E-state index in [1.165, 1.54) is 0 Å². The van der Waals surface area contributed by atoms with Gasteiger partial charge in [-0.2, -0.15) is 0 Å². The molecule has 0 unspecified atom stereocenters. The summed E-state index contributed by atoms with van der Waals surface area (Å²) in [7, 11) is 0. The third-order valence-corrected chi connectivity index (χ3v) is 2.77. The highest BCUT2D eigenvalue weighted by molar-refractivity contribution is 4.54. The van der Waals surface area contributed by atoms with Crippen LogP contribution in [-0.4, -0.2) is 64.0 Å². The quantitative estimate of drug-likeness (QED) is 0.715. The third-order valence-electron chi connectivity index (χ3n) is 2.77. The molecular weight excluding hydrogens is 234 g/mol. The topological polar surface area (TPSA) is 40.2 Å². The zero-order valence-corrected chi connectivity index (χ0v) is 11.7. The maximum Gasteiger partial charge on any atom is 0.101 e. The van der Waals surface area contributed by atoms with Gasteiger partial charge in [0.25, 0.3) is 0 Å². The monoisotopic (exact) mass is 261 g/mol. The summed E-state index contributed by atoms with van der Waals surface area (Å²) in [6.45, 7) is 9.79. The number of ether oxygens (including phenoxy) is 4. The van der Waals surface area contributed by atoms with E-state index < -0.39 is 0 Å². The predicted molar refractivity (Wildman–Crippen MR) is 69.5 cm³/mol. The average molecular weight is 261 g/mol. The Labute approximate surface area is 110 Å². The van der Waals surface area contributed by atoms with Gasteiger partial charge in [-0.25, -0.2) is 0 Å². The zero-order valence-electron chi connectivity index (χ0n) is 11.7. The fourth-order valence-electron chi connectivity index (χ4n) is 1.55. The van der Waals surface area contributed by atoms with Gasteiger partial charge >= 0.3 is 0 Å². The molecule has 1 saturated heterocycles. The van der Waals surface area contributed by atoms with Gasteiger partial charge < -0.3 is 18.9 Å². The Balaban J connectivity index is 2.24. The normalized spacial score (nSPS) is 23.5. The molecule has 108 valence electrons. The maximum absolute atomic E-state index is 5.62. The van der Waals surface area contributed by atoms with Crippen LogP contribution in [0.1, 0.15) is 26.7 Å². The molecular formula is C13H27NO4. The smallest absolute Gasteiger partial charge is 0.101 e. The summed E-state index contributed by atoms with van der Waals surface area (Å²) in [4.78, 5) is 2.17. The number of hydrogen-bond acceptors (Lipinski definition) is 5. The van der Waals surface area contributed by atoms with Crippen molar-refractivity contribution < 1.29 is 18.9 Å². The van der Waals surface area contributed by atoms with Crippen LogP contribution in [-0.2, 0) is 18.9 Å². The van der Waals surface area contributed by atoms with Crippen LogP contribution in [0.2, 0.25) is 0 Å². The van der Waals surface area contributed by atoms with Gasteiger partial charge in [-0.1, -0.05) is 0 Å². The second kappa shape index (κ2) is 10.7. The fraction of sp³-hybridized carbons (Fsp3) is 1.00. The molecule has 0 aromatic heterocycles. The predicted octanol–water partition coefficient (Wildman–Crippen LogP) is 1.47. The first kappa shape index (κ1) is 15.9. The summed E-state index contributed by atoms with van der Waals surface area (Å²) in [5, 5.41) is 0. The highest BCUT2D eigenvalue weighted by atomic mass is 16.5. The van der Waals surface area contributed by atoms with Gasteiger partial charge in [0.2, 0.25) is 0 Å². The summed E-state index contributed by atoms with van der Waals surface area (Å²) in [5.74, 6) is 0. The van der Waals surface area contributed by atoms with E-state index in [1.807, 2.05) is 0 Å². The highest BCUT2D eigenvalue weighted by Crippen LogP contribution is 2.00. The van der Waals surface area contributed by atoms with Crippen LogP contribution >= 0.6 is 0 Å². The van der Waals surface area contributed by atoms with E-state index in [0.717, 1.165) is 39.3 Å². The summed E-state index contributed by atoms with van der Waals surface area (Å²) >= 11 is 0. The van der Waals surface area contributed by atoms with Crippen molar-refractivity contribution in [1.82, 2.24) is 4.90 Å². The van der Waals surface area contributed by atoms with E-state index in [0.29, 0.717) is 32.7 Å². The van der Waals surface area contributed by atoms with Crippen molar-refractivity contribution in [3.8, 4) is 0 Å². The average Bonchev–Trinajstić information content (AvgIpc) is 2.36. The molecule has 0 aromatic carbocycles. The van der Waals surface area contributed by atoms with Gasteiger partial charge in [-0.15, -0.1) is 0 Å². The summed E-state index contributed by atoms with van der Waals surface area (Å²) in [5.41, 5.74) is 0. The standard InChI is InChI=1S/C13H27NO4/c1-13(2)14-11-17-7-3-5-15-9-10-16-6-4-8-18-12-14/h13H,3-12H2,1-2H3. The Hall–Kier alpha value is -0.200. The van der Waals surface area contributed by atoms with Crippen LogP contribution in [0, 0.1) is 0 Å². The molecule has 1 aliphatic heterocycles. The molecule has 5 heteroatoms. The van der Waals surface area contributed by atoms with Crippen molar-refractivity contribution in [2.45, 2.75) is 32.7 Å². The minimum Gasteiger partial charge on any atom is -0.379 e. The summed E-state index contributed by atoms with van der Waals surface area (Å²) in [6.07, 6.45) is 1.85. The van der Waals surface area contributed by atoms with Crippen LogP contribution in [0.25, 0.3) is 0 Å². The Kier molecular flexibility index (Phi) is 9.42. The first-order valence-corrected chi connectivity index (χ1v) is 6.85. The zero-order chi connectivity index (χ0) is 13.1. The lowest BCUT2D eigenvalue weighted by atomic mass is 10.4. The summed E-state index contributed by atoms with van der Waals surface area (Å²) < 4.78 is 22.1. The third kappa shape index (κ3) is 8.00. The fourth-order valence-corrected chi connectivity index (χ4v) is 1.55. The number of rotatable bonds is 1. The van der Waals surface area contributed by atoms with Crippen LogP contribution in [0.5, 0.6) is 0 Å². The van der Waals surface area contributed by atoms with E-state index in [1.54, 1.807) is 0 Å². The van der Waals surface area contributed by atoms with Crippen LogP contribution in [0.3, 0.4) is 0 Å². The van der Waals surface area contributed by atoms with Gasteiger partial charge in [-0.05, 0) is 26.7 Å². The molecule has 0 spiro atoms. The van der Waals surface area contributed by atoms with Crippen molar-refractivity contribution in [2.75, 3.05) is 53.1 Å². The van der Waals surface area contributed by atoms with Gasteiger partial charge in [0.1, 0.15) is 13.5 Å². The van der Waals surface area contributed by atoms with E-state index in [4.69, 9.17) is 18.9 Å². The van der Waals surface area contributed by atoms with Gasteiger partial charge in [0, 0.05) is 19.3 Å². The lowest BCUT2D eigenvalue weighted by Crippen LogP contribution is -2.35. The molecule has 0 atom stereocenters. The highest BCUT2D eigenvalue weighted by Gasteiger charge is 2.09. The van der Waals surface area contributed by atoms with Crippen molar-refractivity contribution in [2.24, 2.45) is 0 Å². The van der Waals surface area contributed by atoms with Gasteiger partial charge in [0.05, 0.1) is 26.4 Å². The van der Waals surface area contributed by atoms with E-state index in [-0.39, 0.29) is 0 Å². The molecule has 18 heavy (non-hydrogen) atoms. The minimum atomic E-state index is 0.424. The van der Waals surface area contributed by atoms with Crippen LogP contribution < -0.4 is 0 Å². The Morgan fingerprint density at radius 1 is 0.667 bits per heavy atom. The molecule has 0 amide bonds. The first-order valence-electron chi connectivity index (χ1n) is 6.85. The Morgan fingerprint density at radius 2 is 1.11 bits per heavy atom. The maximum atomic E-state index is 5.62. The SMILES string of the molecule is CC(C)N1COCCCOCCOCCCOC1. The van der Waals surface area contributed by atoms with Crippen molar-refractivity contribution in [3.63, 3.8) is 0 Å². The molecule has 0 N–H and O–H groups in total. The molecule has 1 aliphatic rings. The molecule has 1 fully saturated rings. The van der Waals surface area contributed by atoms with Crippen molar-refractivity contribution in [1.29, 1.82) is 0 Å². The number of nitrogens with zero attached hydrogens (tertiary/aromatic N) is 1. The lowest BCUT2D eigenvalue weighted by molar-refractivity contribution is -0.0630. The van der Waals surface area contributed by atoms with E-state index in [2.05, 4.69) is 18.7 Å². The summed E-state index contributed by atoms with van der Waals surface area (Å²) in [6, 6.07) is 0.424. The molecule has 1 rings (SSSR count). The molecule has 0 aromatic rings. The number of hydrogen-bond donors (Lipinski definition) is 0. The Bertz CT molecular complexity index is 174. The molecule has 5 nitrogen and oxygen atoms in total. The molecule has 0 saturated carbocycles. The molecule has 0 radical (unpaired) electrons. The van der Waals surface area contributed by atoms with E-state index in [9.17, 15) is 0 Å². The second-order valence-corrected chi connectivity index (χ2v) is 4.69. The van der Waals surface area contributed by atoms with Crippen LogP contribution in [0.15, 0.2) is 0 Å². The molecule has 0 bridgehead atoms. The van der Waals surface area contributed by atoms with Crippen molar-refractivity contribution in [3.05, 3.63) is 0 Å². The van der Waals surface area contributed by atoms with Crippen LogP contribution in [0.4, 0.5) is 0 Å². The van der Waals surface area contributed by atoms with Crippen molar-refractivity contribution >= 4 is 0 Å². The lowest BCUT2D eigenvalue weighted by Gasteiger charge is -2.25. The Morgan fingerprint density at radius 3 is 1.56 bits per heavy atom. The second-order valence-electron chi connectivity index (χ2n) is 4.69.